The Bertz CT molecular complexity index is 934. The molecule has 162 valence electrons. The first kappa shape index (κ1) is 20.9. The van der Waals surface area contributed by atoms with Gasteiger partial charge in [-0.05, 0) is 40.8 Å². The van der Waals surface area contributed by atoms with E-state index in [1.165, 1.54) is 10.7 Å². The van der Waals surface area contributed by atoms with Crippen LogP contribution in [0.5, 0.6) is 0 Å². The quantitative estimate of drug-likeness (QED) is 0.686. The summed E-state index contributed by atoms with van der Waals surface area (Å²) in [6, 6.07) is 8.46. The lowest BCUT2D eigenvalue weighted by Gasteiger charge is -2.40. The minimum absolute atomic E-state index is 0.0988. The molecule has 0 spiro atoms. The summed E-state index contributed by atoms with van der Waals surface area (Å²) in [6.45, 7) is 2.14. The number of amides is 1. The van der Waals surface area contributed by atoms with Gasteiger partial charge in [-0.15, -0.1) is 5.10 Å². The van der Waals surface area contributed by atoms with Gasteiger partial charge in [0.15, 0.2) is 0 Å². The van der Waals surface area contributed by atoms with Gasteiger partial charge >= 0.3 is 0 Å². The maximum atomic E-state index is 13.1. The molecule has 9 nitrogen and oxygen atoms in total. The molecule has 10 heteroatoms. The zero-order valence-corrected chi connectivity index (χ0v) is 17.9. The number of carbonyl (C=O) groups is 1. The molecule has 2 fully saturated rings. The Labute approximate surface area is 177 Å². The minimum atomic E-state index is -3.51. The predicted molar refractivity (Wildman–Crippen MR) is 110 cm³/mol. The SMILES string of the molecule is O=C(CC1(Cn2cnnn2)CCCCC1)N1CCN(S(=O)(=O)c2ccccc2)CC1. The number of tetrazole rings is 1. The van der Waals surface area contributed by atoms with Crippen LogP contribution in [-0.4, -0.2) is 69.9 Å². The van der Waals surface area contributed by atoms with Crippen molar-refractivity contribution in [2.24, 2.45) is 5.41 Å². The number of rotatable bonds is 6. The fraction of sp³-hybridized carbons (Fsp3) is 0.600. The third-order valence-corrected chi connectivity index (χ3v) is 8.21. The number of benzene rings is 1. The lowest BCUT2D eigenvalue weighted by molar-refractivity contribution is -0.136. The van der Waals surface area contributed by atoms with E-state index in [-0.39, 0.29) is 11.3 Å². The van der Waals surface area contributed by atoms with Gasteiger partial charge in [0.05, 0.1) is 11.4 Å². The van der Waals surface area contributed by atoms with Crippen LogP contribution in [0.3, 0.4) is 0 Å². The summed E-state index contributed by atoms with van der Waals surface area (Å²) in [4.78, 5) is 15.2. The number of piperazine rings is 1. The second-order valence-electron chi connectivity index (χ2n) is 8.34. The van der Waals surface area contributed by atoms with Gasteiger partial charge in [-0.25, -0.2) is 13.1 Å². The van der Waals surface area contributed by atoms with E-state index in [1.54, 1.807) is 41.3 Å². The summed E-state index contributed by atoms with van der Waals surface area (Å²) < 4.78 is 28.8. The minimum Gasteiger partial charge on any atom is -0.340 e. The van der Waals surface area contributed by atoms with Crippen LogP contribution in [-0.2, 0) is 21.4 Å². The number of hydrogen-bond acceptors (Lipinski definition) is 6. The van der Waals surface area contributed by atoms with Crippen molar-refractivity contribution in [3.63, 3.8) is 0 Å². The molecule has 0 radical (unpaired) electrons. The Morgan fingerprint density at radius 1 is 1.00 bits per heavy atom. The monoisotopic (exact) mass is 432 g/mol. The van der Waals surface area contributed by atoms with Crippen molar-refractivity contribution < 1.29 is 13.2 Å². The van der Waals surface area contributed by atoms with Gasteiger partial charge in [0.2, 0.25) is 15.9 Å². The van der Waals surface area contributed by atoms with E-state index in [1.807, 2.05) is 4.90 Å². The molecule has 30 heavy (non-hydrogen) atoms. The lowest BCUT2D eigenvalue weighted by Crippen LogP contribution is -2.51. The summed E-state index contributed by atoms with van der Waals surface area (Å²) in [5.41, 5.74) is -0.127. The van der Waals surface area contributed by atoms with Crippen molar-refractivity contribution in [2.75, 3.05) is 26.2 Å². The number of carbonyl (C=O) groups excluding carboxylic acids is 1. The summed E-state index contributed by atoms with van der Waals surface area (Å²) >= 11 is 0. The van der Waals surface area contributed by atoms with E-state index in [0.29, 0.717) is 44.0 Å². The molecule has 1 aliphatic heterocycles. The molecule has 0 bridgehead atoms. The van der Waals surface area contributed by atoms with Gasteiger partial charge in [-0.2, -0.15) is 4.31 Å². The second-order valence-corrected chi connectivity index (χ2v) is 10.3. The fourth-order valence-corrected chi connectivity index (χ4v) is 6.08. The van der Waals surface area contributed by atoms with E-state index >= 15 is 0 Å². The number of sulfonamides is 1. The molecule has 1 aromatic carbocycles. The normalized spacial score (nSPS) is 20.2. The summed E-state index contributed by atoms with van der Waals surface area (Å²) in [7, 11) is -3.51. The average Bonchev–Trinajstić information content (AvgIpc) is 3.27. The Hall–Kier alpha value is -2.33. The number of hydrogen-bond donors (Lipinski definition) is 0. The van der Waals surface area contributed by atoms with E-state index < -0.39 is 10.0 Å². The van der Waals surface area contributed by atoms with Gasteiger partial charge in [0, 0.05) is 32.6 Å². The Balaban J connectivity index is 1.38. The van der Waals surface area contributed by atoms with Crippen molar-refractivity contribution in [3.8, 4) is 0 Å². The molecule has 1 aromatic heterocycles. The average molecular weight is 433 g/mol. The zero-order chi connectivity index (χ0) is 21.0. The zero-order valence-electron chi connectivity index (χ0n) is 17.1. The van der Waals surface area contributed by atoms with Crippen molar-refractivity contribution >= 4 is 15.9 Å². The number of aromatic nitrogens is 4. The highest BCUT2D eigenvalue weighted by molar-refractivity contribution is 7.89. The van der Waals surface area contributed by atoms with Gasteiger partial charge in [-0.1, -0.05) is 37.5 Å². The first-order valence-electron chi connectivity index (χ1n) is 10.5. The van der Waals surface area contributed by atoms with Gasteiger partial charge in [-0.3, -0.25) is 4.79 Å². The van der Waals surface area contributed by atoms with Crippen LogP contribution < -0.4 is 0 Å². The van der Waals surface area contributed by atoms with Crippen LogP contribution in [0.4, 0.5) is 0 Å². The first-order chi connectivity index (χ1) is 14.5. The van der Waals surface area contributed by atoms with Crippen LogP contribution in [0, 0.1) is 5.41 Å². The molecule has 2 aliphatic rings. The van der Waals surface area contributed by atoms with Crippen LogP contribution in [0.2, 0.25) is 0 Å². The van der Waals surface area contributed by atoms with Crippen molar-refractivity contribution in [2.45, 2.75) is 50.0 Å². The third kappa shape index (κ3) is 4.54. The van der Waals surface area contributed by atoms with Gasteiger partial charge in [0.25, 0.3) is 0 Å². The van der Waals surface area contributed by atoms with Crippen LogP contribution in [0.25, 0.3) is 0 Å². The van der Waals surface area contributed by atoms with Crippen LogP contribution in [0.15, 0.2) is 41.6 Å². The Morgan fingerprint density at radius 2 is 1.70 bits per heavy atom. The molecule has 0 N–H and O–H groups in total. The summed E-state index contributed by atoms with van der Waals surface area (Å²) in [5.74, 6) is 0.0988. The van der Waals surface area contributed by atoms with Gasteiger partial charge < -0.3 is 4.90 Å². The molecule has 2 heterocycles. The molecule has 4 rings (SSSR count). The molecule has 0 atom stereocenters. The highest BCUT2D eigenvalue weighted by atomic mass is 32.2. The maximum Gasteiger partial charge on any atom is 0.243 e. The largest absolute Gasteiger partial charge is 0.340 e. The highest BCUT2D eigenvalue weighted by Gasteiger charge is 2.38. The topological polar surface area (TPSA) is 101 Å². The van der Waals surface area contributed by atoms with E-state index in [2.05, 4.69) is 15.5 Å². The lowest BCUT2D eigenvalue weighted by atomic mass is 9.71. The summed E-state index contributed by atoms with van der Waals surface area (Å²) in [5, 5.41) is 11.4. The Morgan fingerprint density at radius 3 is 2.33 bits per heavy atom. The molecule has 1 saturated carbocycles. The smallest absolute Gasteiger partial charge is 0.243 e. The molecule has 1 saturated heterocycles. The molecule has 1 aliphatic carbocycles. The van der Waals surface area contributed by atoms with E-state index in [0.717, 1.165) is 25.7 Å². The molecule has 2 aromatic rings. The number of nitrogens with zero attached hydrogens (tertiary/aromatic N) is 6. The fourth-order valence-electron chi connectivity index (χ4n) is 4.64. The third-order valence-electron chi connectivity index (χ3n) is 6.30. The van der Waals surface area contributed by atoms with E-state index in [4.69, 9.17) is 0 Å². The second kappa shape index (κ2) is 8.81. The maximum absolute atomic E-state index is 13.1. The van der Waals surface area contributed by atoms with E-state index in [9.17, 15) is 13.2 Å². The standard InChI is InChI=1S/C20H28N6O3S/c27-19(15-20(9-5-2-6-10-20)16-25-17-21-22-23-25)24-11-13-26(14-12-24)30(28,29)18-7-3-1-4-8-18/h1,3-4,7-8,17H,2,5-6,9-16H2. The molecule has 0 unspecified atom stereocenters. The molecular formula is C20H28N6O3S. The Kier molecular flexibility index (Phi) is 6.14. The van der Waals surface area contributed by atoms with Gasteiger partial charge in [0.1, 0.15) is 6.33 Å². The highest BCUT2D eigenvalue weighted by Crippen LogP contribution is 2.41. The predicted octanol–water partition coefficient (Wildman–Crippen LogP) is 1.55. The van der Waals surface area contributed by atoms with Crippen molar-refractivity contribution in [3.05, 3.63) is 36.7 Å². The first-order valence-corrected chi connectivity index (χ1v) is 12.0. The summed E-state index contributed by atoms with van der Waals surface area (Å²) in [6.07, 6.45) is 7.45. The molecular weight excluding hydrogens is 404 g/mol. The molecule has 1 amide bonds. The van der Waals surface area contributed by atoms with Crippen LogP contribution in [0.1, 0.15) is 38.5 Å². The van der Waals surface area contributed by atoms with Crippen molar-refractivity contribution in [1.82, 2.24) is 29.4 Å². The van der Waals surface area contributed by atoms with Crippen molar-refractivity contribution in [1.29, 1.82) is 0 Å². The van der Waals surface area contributed by atoms with Crippen LogP contribution >= 0.6 is 0 Å².